The zero-order valence-electron chi connectivity index (χ0n) is 47.3. The number of aromatic hydroxyl groups is 1. The number of aliphatic hydroxyl groups is 1. The molecular weight excluding hydrogens is 1060 g/mol. The van der Waals surface area contributed by atoms with Crippen LogP contribution in [0.5, 0.6) is 11.6 Å². The molecule has 4 atom stereocenters. The summed E-state index contributed by atoms with van der Waals surface area (Å²) in [5.41, 5.74) is 14.0. The van der Waals surface area contributed by atoms with Crippen LogP contribution < -0.4 is 30.5 Å². The number of nitrogens with one attached hydrogen (secondary N) is 1. The number of likely N-dealkylation sites (tertiary alicyclic amines) is 2. The highest BCUT2D eigenvalue weighted by Crippen LogP contribution is 2.41. The number of amides is 2. The number of nitrogen functional groups attached to an aromatic ring is 1. The number of ether oxygens (including phenoxy) is 3. The van der Waals surface area contributed by atoms with Crippen molar-refractivity contribution >= 4 is 46.2 Å². The molecule has 2 aromatic carbocycles. The van der Waals surface area contributed by atoms with Crippen molar-refractivity contribution < 1.29 is 38.5 Å². The topological polar surface area (TPSA) is 234 Å². The molecule has 4 aromatic heterocycles. The van der Waals surface area contributed by atoms with Gasteiger partial charge in [-0.1, -0.05) is 55.4 Å². The van der Waals surface area contributed by atoms with Crippen LogP contribution in [0.15, 0.2) is 89.0 Å². The van der Waals surface area contributed by atoms with Gasteiger partial charge in [0.2, 0.25) is 17.7 Å². The van der Waals surface area contributed by atoms with Gasteiger partial charge in [-0.3, -0.25) is 9.59 Å². The number of rotatable bonds is 17. The van der Waals surface area contributed by atoms with Gasteiger partial charge in [0, 0.05) is 108 Å². The maximum atomic E-state index is 14.4. The number of carbonyl (C=O) groups is 2. The first-order valence-corrected chi connectivity index (χ1v) is 30.2. The van der Waals surface area contributed by atoms with Crippen LogP contribution in [0.2, 0.25) is 0 Å². The fourth-order valence-electron chi connectivity index (χ4n) is 13.1. The van der Waals surface area contributed by atoms with Gasteiger partial charge in [0.1, 0.15) is 29.4 Å². The molecule has 20 nitrogen and oxygen atoms in total. The van der Waals surface area contributed by atoms with Gasteiger partial charge < -0.3 is 64.5 Å². The molecule has 5 saturated heterocycles. The molecule has 5 aliphatic heterocycles. The van der Waals surface area contributed by atoms with E-state index in [0.717, 1.165) is 117 Å². The molecule has 2 amide bonds. The van der Waals surface area contributed by atoms with E-state index in [1.54, 1.807) is 23.5 Å². The van der Waals surface area contributed by atoms with Gasteiger partial charge in [0.15, 0.2) is 17.4 Å². The number of phenolic OH excluding ortho intramolecular Hbond substituents is 1. The molecular formula is C61H76N12O8S. The molecule has 1 aliphatic carbocycles. The summed E-state index contributed by atoms with van der Waals surface area (Å²) in [4.78, 5) is 49.4. The van der Waals surface area contributed by atoms with Crippen LogP contribution in [0.25, 0.3) is 21.7 Å². The third-order valence-electron chi connectivity index (χ3n) is 17.9. The fraction of sp³-hybridized carbons (Fsp3) is 0.525. The first-order valence-electron chi connectivity index (χ1n) is 29.3. The van der Waals surface area contributed by atoms with Crippen LogP contribution >= 0.6 is 11.3 Å². The molecule has 21 heteroatoms. The Hall–Kier alpha value is -6.91. The second-order valence-electron chi connectivity index (χ2n) is 23.9. The second-order valence-corrected chi connectivity index (χ2v) is 24.7. The Labute approximate surface area is 482 Å². The first kappa shape index (κ1) is 55.6. The van der Waals surface area contributed by atoms with Gasteiger partial charge >= 0.3 is 0 Å². The Balaban J connectivity index is 0.568. The summed E-state index contributed by atoms with van der Waals surface area (Å²) in [5.74, 6) is 1.59. The van der Waals surface area contributed by atoms with Gasteiger partial charge in [-0.05, 0) is 86.8 Å². The molecule has 82 heavy (non-hydrogen) atoms. The predicted octanol–water partition coefficient (Wildman–Crippen LogP) is 7.23. The van der Waals surface area contributed by atoms with Gasteiger partial charge in [0.05, 0.1) is 65.0 Å². The number of thiazole rings is 1. The SMILES string of the molecule is Cc1ncsc1-c1ccc([C@H](C)NC(=O)[C@@H]2C[C@@H](O)CN2C(=O)[C@@H](c2cc(N3CCC(CN4CCC(OC5CC(Oc6cc(N7CCN(c8cc(-c9ccccc9O)nnc8N)CC78COC8)ccn6)C5)CC4)CC3)no2)C(C)C)cc1. The Morgan fingerprint density at radius 2 is 1.66 bits per heavy atom. The van der Waals surface area contributed by atoms with Crippen LogP contribution in [0.3, 0.4) is 0 Å². The Morgan fingerprint density at radius 3 is 2.38 bits per heavy atom. The minimum Gasteiger partial charge on any atom is -0.507 e. The third kappa shape index (κ3) is 11.7. The highest BCUT2D eigenvalue weighted by Gasteiger charge is 2.49. The van der Waals surface area contributed by atoms with E-state index in [9.17, 15) is 19.8 Å². The van der Waals surface area contributed by atoms with Crippen molar-refractivity contribution in [2.75, 3.05) is 92.5 Å². The number of aromatic nitrogens is 5. The van der Waals surface area contributed by atoms with E-state index in [1.165, 1.54) is 4.90 Å². The van der Waals surface area contributed by atoms with Gasteiger partial charge in [-0.2, -0.15) is 0 Å². The summed E-state index contributed by atoms with van der Waals surface area (Å²) >= 11 is 1.60. The van der Waals surface area contributed by atoms with Crippen LogP contribution in [0.1, 0.15) is 94.7 Å². The van der Waals surface area contributed by atoms with E-state index in [-0.39, 0.29) is 66.3 Å². The van der Waals surface area contributed by atoms with Crippen molar-refractivity contribution in [3.05, 3.63) is 102 Å². The van der Waals surface area contributed by atoms with Crippen LogP contribution in [-0.4, -0.2) is 165 Å². The summed E-state index contributed by atoms with van der Waals surface area (Å²) in [6, 6.07) is 22.0. The van der Waals surface area contributed by atoms with E-state index < -0.39 is 18.1 Å². The normalized spacial score (nSPS) is 23.2. The Bertz CT molecular complexity index is 3190. The lowest BCUT2D eigenvalue weighted by atomic mass is 9.90. The molecule has 0 radical (unpaired) electrons. The zero-order chi connectivity index (χ0) is 56.6. The summed E-state index contributed by atoms with van der Waals surface area (Å²) < 4.78 is 24.9. The number of β-amino-alcohol motifs (C(OH)–C–C–N with tert-alkyl or cyclic N) is 1. The van der Waals surface area contributed by atoms with Gasteiger partial charge in [0.25, 0.3) is 0 Å². The number of para-hydroxylation sites is 1. The van der Waals surface area contributed by atoms with Crippen LogP contribution in [0.4, 0.5) is 23.0 Å². The lowest BCUT2D eigenvalue weighted by molar-refractivity contribution is -0.141. The first-order chi connectivity index (χ1) is 39.7. The van der Waals surface area contributed by atoms with E-state index in [1.807, 2.05) is 94.0 Å². The largest absolute Gasteiger partial charge is 0.507 e. The van der Waals surface area contributed by atoms with Crippen LogP contribution in [-0.2, 0) is 19.1 Å². The monoisotopic (exact) mass is 1140 g/mol. The number of aryl methyl sites for hydroxylation is 1. The Morgan fingerprint density at radius 1 is 0.878 bits per heavy atom. The predicted molar refractivity (Wildman–Crippen MR) is 313 cm³/mol. The summed E-state index contributed by atoms with van der Waals surface area (Å²) in [5, 5.41) is 37.5. The molecule has 0 unspecified atom stereocenters. The highest BCUT2D eigenvalue weighted by molar-refractivity contribution is 7.13. The van der Waals surface area contributed by atoms with E-state index in [2.05, 4.69) is 56.3 Å². The molecule has 6 aromatic rings. The fourth-order valence-corrected chi connectivity index (χ4v) is 13.9. The van der Waals surface area contributed by atoms with Crippen molar-refractivity contribution in [3.63, 3.8) is 0 Å². The van der Waals surface area contributed by atoms with Crippen molar-refractivity contribution in [1.29, 1.82) is 0 Å². The molecule has 5 N–H and O–H groups in total. The van der Waals surface area contributed by atoms with E-state index in [4.69, 9.17) is 24.5 Å². The number of benzene rings is 2. The molecule has 6 fully saturated rings. The molecule has 6 aliphatic rings. The molecule has 434 valence electrons. The summed E-state index contributed by atoms with van der Waals surface area (Å²) in [6.07, 6.45) is 7.50. The molecule has 1 saturated carbocycles. The minimum absolute atomic E-state index is 0.0577. The number of nitrogens with zero attached hydrogens (tertiary/aromatic N) is 10. The number of piperazine rings is 1. The zero-order valence-corrected chi connectivity index (χ0v) is 48.1. The minimum atomic E-state index is -0.805. The number of nitrogens with two attached hydrogens (primary N) is 1. The van der Waals surface area contributed by atoms with E-state index in [0.29, 0.717) is 60.9 Å². The average Bonchev–Trinajstić information content (AvgIpc) is 2.60. The molecule has 9 heterocycles. The Kier molecular flexibility index (Phi) is 16.1. The van der Waals surface area contributed by atoms with E-state index >= 15 is 0 Å². The summed E-state index contributed by atoms with van der Waals surface area (Å²) in [7, 11) is 0. The number of phenols is 1. The number of hydrogen-bond acceptors (Lipinski definition) is 19. The van der Waals surface area contributed by atoms with Crippen molar-refractivity contribution in [3.8, 4) is 33.3 Å². The number of anilines is 4. The second kappa shape index (κ2) is 23.8. The molecule has 0 bridgehead atoms. The number of hydrogen-bond donors (Lipinski definition) is 4. The standard InChI is InChI=1S/C61H76N12O8S/c1-37(2)56(60(77)72-32-44(74)26-51(72)59(76)65-38(3)41-9-11-42(12-10-41)57-39(4)64-36-82-57)53-30-54(68-81-53)70-21-14-40(15-22-70)31-69-19-16-45(17-20-69)79-46-27-47(28-46)80-55-25-43(13-18-63-55)73-24-23-71(33-61(73)34-78-35-61)50-29-49(66-67-58(50)62)48-7-5-6-8-52(48)75/h5-13,18,25,29-30,36-38,40,44-47,51,56,74-75H,14-17,19-24,26-28,31-35H2,1-4H3,(H2,62,67)(H,65,76)/t38-,44+,46?,47?,51-,56+/m0/s1. The maximum absolute atomic E-state index is 14.4. The maximum Gasteiger partial charge on any atom is 0.243 e. The van der Waals surface area contributed by atoms with Gasteiger partial charge in [-0.25, -0.2) is 9.97 Å². The van der Waals surface area contributed by atoms with Crippen LogP contribution in [0, 0.1) is 18.8 Å². The lowest BCUT2D eigenvalue weighted by Crippen LogP contribution is -2.72. The molecule has 1 spiro atoms. The quantitative estimate of drug-likeness (QED) is 0.0705. The van der Waals surface area contributed by atoms with Crippen molar-refractivity contribution in [2.24, 2.45) is 11.8 Å². The molecule has 12 rings (SSSR count). The average molecular weight is 1140 g/mol. The summed E-state index contributed by atoms with van der Waals surface area (Å²) in [6.45, 7) is 16.1. The third-order valence-corrected chi connectivity index (χ3v) is 18.8. The number of pyridine rings is 1. The highest BCUT2D eigenvalue weighted by atomic mass is 32.1. The van der Waals surface area contributed by atoms with Crippen molar-refractivity contribution in [2.45, 2.75) is 121 Å². The lowest BCUT2D eigenvalue weighted by Gasteiger charge is -2.56. The number of carbonyl (C=O) groups excluding carboxylic acids is 2. The number of piperidine rings is 2. The van der Waals surface area contributed by atoms with Crippen molar-refractivity contribution in [1.82, 2.24) is 40.4 Å². The number of aliphatic hydroxyl groups excluding tert-OH is 1. The smallest absolute Gasteiger partial charge is 0.243 e. The van der Waals surface area contributed by atoms with Gasteiger partial charge in [-0.15, -0.1) is 21.5 Å².